The maximum Gasteiger partial charge on any atom is 0.239 e. The number of fused-ring (bicyclic) bond motifs is 1. The molecule has 1 saturated carbocycles. The van der Waals surface area contributed by atoms with Crippen molar-refractivity contribution >= 4 is 17.5 Å². The highest BCUT2D eigenvalue weighted by atomic mass is 16.2. The number of hydrogen-bond acceptors (Lipinski definition) is 4. The summed E-state index contributed by atoms with van der Waals surface area (Å²) in [4.78, 5) is 32.4. The minimum atomic E-state index is -0.708. The average Bonchev–Trinajstić information content (AvgIpc) is 3.37. The van der Waals surface area contributed by atoms with E-state index in [1.807, 2.05) is 56.3 Å². The molecule has 0 bridgehead atoms. The molecule has 1 unspecified atom stereocenters. The van der Waals surface area contributed by atoms with Crippen LogP contribution in [0.25, 0.3) is 0 Å². The average molecular weight is 393 g/mol. The third-order valence-corrected chi connectivity index (χ3v) is 6.29. The number of rotatable bonds is 3. The molecule has 2 amide bonds. The van der Waals surface area contributed by atoms with Gasteiger partial charge in [-0.05, 0) is 72.5 Å². The molecule has 2 aliphatic rings. The molecule has 5 rings (SSSR count). The minimum absolute atomic E-state index is 0.170. The van der Waals surface area contributed by atoms with Crippen LogP contribution < -0.4 is 4.90 Å². The van der Waals surface area contributed by atoms with Crippen molar-refractivity contribution in [2.75, 3.05) is 4.90 Å². The predicted octanol–water partition coefficient (Wildman–Crippen LogP) is 3.68. The van der Waals surface area contributed by atoms with E-state index >= 15 is 0 Å². The van der Waals surface area contributed by atoms with E-state index in [0.717, 1.165) is 22.3 Å². The molecule has 2 heterocycles. The van der Waals surface area contributed by atoms with Gasteiger partial charge in [-0.15, -0.1) is 0 Å². The van der Waals surface area contributed by atoms with Gasteiger partial charge in [-0.25, -0.2) is 4.90 Å². The molecule has 1 aromatic heterocycles. The Morgan fingerprint density at radius 2 is 1.40 bits per heavy atom. The summed E-state index contributed by atoms with van der Waals surface area (Å²) >= 11 is 0. The fourth-order valence-electron chi connectivity index (χ4n) is 5.12. The second kappa shape index (κ2) is 6.36. The summed E-state index contributed by atoms with van der Waals surface area (Å²) in [6.45, 7) is 3.92. The van der Waals surface area contributed by atoms with Gasteiger partial charge in [-0.2, -0.15) is 5.26 Å². The molecule has 0 radical (unpaired) electrons. The first-order valence-corrected chi connectivity index (χ1v) is 9.85. The largest absolute Gasteiger partial charge is 0.274 e. The number of aryl methyl sites for hydroxylation is 2. The molecule has 3 aromatic rings. The molecule has 2 fully saturated rings. The molecule has 1 aliphatic carbocycles. The molecule has 2 aromatic carbocycles. The Hall–Kier alpha value is -3.78. The van der Waals surface area contributed by atoms with Gasteiger partial charge in [0.1, 0.15) is 0 Å². The first kappa shape index (κ1) is 18.3. The van der Waals surface area contributed by atoms with Crippen LogP contribution in [0.3, 0.4) is 0 Å². The Labute approximate surface area is 174 Å². The lowest BCUT2D eigenvalue weighted by Gasteiger charge is -2.27. The highest BCUT2D eigenvalue weighted by Gasteiger charge is 2.78. The summed E-state index contributed by atoms with van der Waals surface area (Å²) < 4.78 is 0. The molecule has 30 heavy (non-hydrogen) atoms. The highest BCUT2D eigenvalue weighted by molar-refractivity contribution is 6.27. The number of benzene rings is 2. The summed E-state index contributed by atoms with van der Waals surface area (Å²) in [5, 5.41) is 9.14. The van der Waals surface area contributed by atoms with Crippen molar-refractivity contribution in [1.29, 1.82) is 5.26 Å². The number of anilines is 1. The van der Waals surface area contributed by atoms with Gasteiger partial charge in [0.15, 0.2) is 0 Å². The Morgan fingerprint density at radius 1 is 0.867 bits per heavy atom. The van der Waals surface area contributed by atoms with Crippen LogP contribution in [0.4, 0.5) is 5.69 Å². The number of aromatic nitrogens is 1. The Balaban J connectivity index is 1.62. The summed E-state index contributed by atoms with van der Waals surface area (Å²) in [7, 11) is 0. The van der Waals surface area contributed by atoms with Crippen LogP contribution in [0, 0.1) is 37.0 Å². The standard InChI is InChI=1S/C25H19N3O2/c1-15-11-16(2)13-20(12-15)28-23(29)21-22(24(28)30)25(21,19-7-9-27-10-8-19)18-5-3-17(14-26)4-6-18/h3-13,21-22H,1-2H3/t21-,22+,25?. The normalized spacial score (nSPS) is 24.5. The zero-order valence-electron chi connectivity index (χ0n) is 16.7. The van der Waals surface area contributed by atoms with E-state index in [4.69, 9.17) is 5.26 Å². The fraction of sp³-hybridized carbons (Fsp3) is 0.200. The van der Waals surface area contributed by atoms with Crippen LogP contribution in [-0.2, 0) is 15.0 Å². The van der Waals surface area contributed by atoms with Crippen molar-refractivity contribution in [3.63, 3.8) is 0 Å². The number of carbonyl (C=O) groups excluding carboxylic acids is 2. The molecule has 5 nitrogen and oxygen atoms in total. The van der Waals surface area contributed by atoms with E-state index in [9.17, 15) is 9.59 Å². The van der Waals surface area contributed by atoms with Crippen molar-refractivity contribution in [1.82, 2.24) is 4.98 Å². The van der Waals surface area contributed by atoms with Crippen LogP contribution in [-0.4, -0.2) is 16.8 Å². The van der Waals surface area contributed by atoms with E-state index in [1.54, 1.807) is 24.5 Å². The van der Waals surface area contributed by atoms with E-state index in [2.05, 4.69) is 11.1 Å². The quantitative estimate of drug-likeness (QED) is 0.637. The topological polar surface area (TPSA) is 74.1 Å². The summed E-state index contributed by atoms with van der Waals surface area (Å²) in [5.41, 5.74) is 4.28. The van der Waals surface area contributed by atoms with E-state index in [-0.39, 0.29) is 11.8 Å². The number of hydrogen-bond donors (Lipinski definition) is 0. The van der Waals surface area contributed by atoms with E-state index in [0.29, 0.717) is 11.3 Å². The van der Waals surface area contributed by atoms with Gasteiger partial charge in [0.2, 0.25) is 11.8 Å². The van der Waals surface area contributed by atoms with Gasteiger partial charge >= 0.3 is 0 Å². The number of amides is 2. The van der Waals surface area contributed by atoms with Gasteiger partial charge in [-0.3, -0.25) is 14.6 Å². The molecule has 0 N–H and O–H groups in total. The number of imide groups is 1. The second-order valence-corrected chi connectivity index (χ2v) is 8.11. The second-order valence-electron chi connectivity index (χ2n) is 8.11. The van der Waals surface area contributed by atoms with Gasteiger partial charge in [0.05, 0.1) is 29.2 Å². The lowest BCUT2D eigenvalue weighted by atomic mass is 9.83. The number of nitrogens with zero attached hydrogens (tertiary/aromatic N) is 3. The molecule has 0 spiro atoms. The van der Waals surface area contributed by atoms with E-state index < -0.39 is 17.3 Å². The maximum atomic E-state index is 13.5. The number of pyridine rings is 1. The molecule has 5 heteroatoms. The third-order valence-electron chi connectivity index (χ3n) is 6.29. The Kier molecular flexibility index (Phi) is 3.87. The van der Waals surface area contributed by atoms with E-state index in [1.165, 1.54) is 4.90 Å². The third kappa shape index (κ3) is 2.37. The zero-order chi connectivity index (χ0) is 21.0. The SMILES string of the molecule is Cc1cc(C)cc(N2C(=O)[C@@H]3[C@H](C2=O)C3(c2ccncc2)c2ccc(C#N)cc2)c1. The van der Waals surface area contributed by atoms with Crippen LogP contribution >= 0.6 is 0 Å². The molecule has 3 atom stereocenters. The molecule has 1 saturated heterocycles. The Bertz CT molecular complexity index is 1180. The van der Waals surface area contributed by atoms with Crippen LogP contribution in [0.15, 0.2) is 67.0 Å². The maximum absolute atomic E-state index is 13.5. The van der Waals surface area contributed by atoms with Gasteiger partial charge in [0, 0.05) is 17.8 Å². The first-order chi connectivity index (χ1) is 14.5. The van der Waals surface area contributed by atoms with Crippen LogP contribution in [0.1, 0.15) is 27.8 Å². The molecule has 146 valence electrons. The highest BCUT2D eigenvalue weighted by Crippen LogP contribution is 2.68. The lowest BCUT2D eigenvalue weighted by Crippen LogP contribution is -2.39. The monoisotopic (exact) mass is 393 g/mol. The van der Waals surface area contributed by atoms with Gasteiger partial charge in [0.25, 0.3) is 0 Å². The fourth-order valence-corrected chi connectivity index (χ4v) is 5.12. The number of carbonyl (C=O) groups is 2. The van der Waals surface area contributed by atoms with Gasteiger partial charge in [-0.1, -0.05) is 18.2 Å². The summed E-state index contributed by atoms with van der Waals surface area (Å²) in [6.07, 6.45) is 3.37. The van der Waals surface area contributed by atoms with Crippen molar-refractivity contribution in [3.05, 3.63) is 94.8 Å². The lowest BCUT2D eigenvalue weighted by molar-refractivity contribution is -0.124. The van der Waals surface area contributed by atoms with Crippen molar-refractivity contribution in [2.45, 2.75) is 19.3 Å². The first-order valence-electron chi connectivity index (χ1n) is 9.85. The zero-order valence-corrected chi connectivity index (χ0v) is 16.7. The molecular weight excluding hydrogens is 374 g/mol. The summed E-state index contributed by atoms with van der Waals surface area (Å²) in [5.74, 6) is -1.25. The predicted molar refractivity (Wildman–Crippen MR) is 112 cm³/mol. The number of piperidine rings is 1. The van der Waals surface area contributed by atoms with Crippen molar-refractivity contribution in [2.24, 2.45) is 11.8 Å². The van der Waals surface area contributed by atoms with Crippen molar-refractivity contribution in [3.8, 4) is 6.07 Å². The summed E-state index contributed by atoms with van der Waals surface area (Å²) in [6, 6.07) is 18.8. The molecule has 1 aliphatic heterocycles. The van der Waals surface area contributed by atoms with Crippen LogP contribution in [0.5, 0.6) is 0 Å². The van der Waals surface area contributed by atoms with Crippen molar-refractivity contribution < 1.29 is 9.59 Å². The van der Waals surface area contributed by atoms with Gasteiger partial charge < -0.3 is 0 Å². The van der Waals surface area contributed by atoms with Crippen LogP contribution in [0.2, 0.25) is 0 Å². The minimum Gasteiger partial charge on any atom is -0.274 e. The number of nitriles is 1. The smallest absolute Gasteiger partial charge is 0.239 e. The molecular formula is C25H19N3O2. The Morgan fingerprint density at radius 3 is 1.93 bits per heavy atom.